The van der Waals surface area contributed by atoms with Gasteiger partial charge in [-0.1, -0.05) is 42.1 Å². The van der Waals surface area contributed by atoms with Gasteiger partial charge >= 0.3 is 12.2 Å². The van der Waals surface area contributed by atoms with Crippen LogP contribution in [0.4, 0.5) is 18.0 Å². The minimum atomic E-state index is -4.48. The number of halogens is 3. The van der Waals surface area contributed by atoms with E-state index in [2.05, 4.69) is 10.3 Å². The number of carbonyl (C=O) groups excluding carboxylic acids is 2. The maximum Gasteiger partial charge on any atom is 0.416 e. The molecule has 1 fully saturated rings. The zero-order valence-electron chi connectivity index (χ0n) is 16.5. The summed E-state index contributed by atoms with van der Waals surface area (Å²) in [4.78, 5) is 30.0. The molecule has 3 amide bonds. The monoisotopic (exact) mass is 448 g/mol. The lowest BCUT2D eigenvalue weighted by Gasteiger charge is -2.17. The third-order valence-corrected chi connectivity index (χ3v) is 6.05. The number of carbonyl (C=O) groups is 2. The highest BCUT2D eigenvalue weighted by Gasteiger charge is 2.33. The number of imidazole rings is 1. The number of hydrogen-bond donors (Lipinski definition) is 1. The van der Waals surface area contributed by atoms with Gasteiger partial charge in [-0.05, 0) is 30.7 Å². The molecule has 31 heavy (non-hydrogen) atoms. The molecule has 0 saturated carbocycles. The van der Waals surface area contributed by atoms with E-state index in [1.165, 1.54) is 6.07 Å². The summed E-state index contributed by atoms with van der Waals surface area (Å²) in [6.45, 7) is 2.73. The highest BCUT2D eigenvalue weighted by Crippen LogP contribution is 2.34. The fourth-order valence-corrected chi connectivity index (χ4v) is 4.39. The van der Waals surface area contributed by atoms with Gasteiger partial charge in [0, 0.05) is 13.1 Å². The fraction of sp³-hybridized carbons (Fsp3) is 0.286. The Hall–Kier alpha value is -3.01. The first-order valence-electron chi connectivity index (χ1n) is 9.61. The standard InChI is InChI=1S/C21H19F3N4O2S/c1-13(18(29)27-10-9-25-19(27)30)31-20-26-16-11-15(21(22,23)24)7-8-17(16)28(20)12-14-5-3-2-4-6-14/h2-8,11,13H,9-10,12H2,1H3,(H,25,30). The Bertz CT molecular complexity index is 1130. The quantitative estimate of drug-likeness (QED) is 0.596. The molecule has 2 heterocycles. The van der Waals surface area contributed by atoms with Gasteiger partial charge in [0.15, 0.2) is 5.16 Å². The largest absolute Gasteiger partial charge is 0.416 e. The summed E-state index contributed by atoms with van der Waals surface area (Å²) in [5.74, 6) is -0.366. The molecule has 1 atom stereocenters. The van der Waals surface area contributed by atoms with Crippen LogP contribution < -0.4 is 5.32 Å². The second-order valence-electron chi connectivity index (χ2n) is 7.15. The number of alkyl halides is 3. The van der Waals surface area contributed by atoms with Crippen LogP contribution in [0, 0.1) is 0 Å². The van der Waals surface area contributed by atoms with Crippen molar-refractivity contribution in [3.8, 4) is 0 Å². The minimum absolute atomic E-state index is 0.201. The third-order valence-electron chi connectivity index (χ3n) is 4.98. The van der Waals surface area contributed by atoms with Crippen molar-refractivity contribution >= 4 is 34.7 Å². The molecule has 10 heteroatoms. The van der Waals surface area contributed by atoms with E-state index in [9.17, 15) is 22.8 Å². The normalized spacial score (nSPS) is 15.4. The zero-order chi connectivity index (χ0) is 22.2. The van der Waals surface area contributed by atoms with E-state index < -0.39 is 23.0 Å². The van der Waals surface area contributed by atoms with E-state index in [0.29, 0.717) is 23.8 Å². The van der Waals surface area contributed by atoms with E-state index in [0.717, 1.165) is 34.4 Å². The summed E-state index contributed by atoms with van der Waals surface area (Å²) in [7, 11) is 0. The van der Waals surface area contributed by atoms with Crippen LogP contribution in [-0.4, -0.2) is 44.7 Å². The van der Waals surface area contributed by atoms with Crippen LogP contribution in [0.15, 0.2) is 53.7 Å². The van der Waals surface area contributed by atoms with Gasteiger partial charge in [-0.15, -0.1) is 0 Å². The first-order valence-corrected chi connectivity index (χ1v) is 10.5. The number of benzene rings is 2. The van der Waals surface area contributed by atoms with Gasteiger partial charge in [0.05, 0.1) is 28.4 Å². The van der Waals surface area contributed by atoms with Crippen LogP contribution in [0.25, 0.3) is 11.0 Å². The lowest BCUT2D eigenvalue weighted by molar-refractivity contribution is -0.137. The highest BCUT2D eigenvalue weighted by atomic mass is 32.2. The van der Waals surface area contributed by atoms with Crippen LogP contribution >= 0.6 is 11.8 Å². The SMILES string of the molecule is CC(Sc1nc2cc(C(F)(F)F)ccc2n1Cc1ccccc1)C(=O)N1CCNC1=O. The summed E-state index contributed by atoms with van der Waals surface area (Å²) in [6, 6.07) is 12.5. The number of aromatic nitrogens is 2. The van der Waals surface area contributed by atoms with E-state index in [4.69, 9.17) is 0 Å². The van der Waals surface area contributed by atoms with Crippen LogP contribution in [-0.2, 0) is 17.5 Å². The number of hydrogen-bond acceptors (Lipinski definition) is 4. The minimum Gasteiger partial charge on any atom is -0.336 e. The smallest absolute Gasteiger partial charge is 0.336 e. The molecule has 3 aromatic rings. The van der Waals surface area contributed by atoms with Crippen LogP contribution in [0.2, 0.25) is 0 Å². The Kier molecular flexibility index (Phi) is 5.65. The van der Waals surface area contributed by atoms with Crippen LogP contribution in [0.3, 0.4) is 0 Å². The van der Waals surface area contributed by atoms with Crippen molar-refractivity contribution in [1.82, 2.24) is 19.8 Å². The number of imide groups is 1. The summed E-state index contributed by atoms with van der Waals surface area (Å²) < 4.78 is 41.3. The molecule has 2 aromatic carbocycles. The first kappa shape index (κ1) is 21.2. The number of thioether (sulfide) groups is 1. The Labute approximate surface area is 180 Å². The highest BCUT2D eigenvalue weighted by molar-refractivity contribution is 8.00. The second-order valence-corrected chi connectivity index (χ2v) is 8.46. The molecule has 6 nitrogen and oxygen atoms in total. The van der Waals surface area contributed by atoms with Gasteiger partial charge in [-0.25, -0.2) is 9.78 Å². The molecular formula is C21H19F3N4O2S. The van der Waals surface area contributed by atoms with Gasteiger partial charge in [-0.2, -0.15) is 13.2 Å². The zero-order valence-corrected chi connectivity index (χ0v) is 17.3. The molecule has 0 spiro atoms. The van der Waals surface area contributed by atoms with Gasteiger partial charge in [0.2, 0.25) is 5.91 Å². The second kappa shape index (κ2) is 8.26. The molecule has 4 rings (SSSR count). The lowest BCUT2D eigenvalue weighted by Crippen LogP contribution is -2.39. The van der Waals surface area contributed by atoms with E-state index in [1.807, 2.05) is 30.3 Å². The van der Waals surface area contributed by atoms with Gasteiger partial charge in [0.25, 0.3) is 0 Å². The average molecular weight is 448 g/mol. The predicted molar refractivity (Wildman–Crippen MR) is 111 cm³/mol. The van der Waals surface area contributed by atoms with Crippen molar-refractivity contribution < 1.29 is 22.8 Å². The Balaban J connectivity index is 1.70. The summed E-state index contributed by atoms with van der Waals surface area (Å²) >= 11 is 1.12. The van der Waals surface area contributed by atoms with Crippen LogP contribution in [0.5, 0.6) is 0 Å². The van der Waals surface area contributed by atoms with E-state index >= 15 is 0 Å². The molecule has 0 aliphatic carbocycles. The number of nitrogens with zero attached hydrogens (tertiary/aromatic N) is 3. The van der Waals surface area contributed by atoms with E-state index in [-0.39, 0.29) is 18.0 Å². The molecule has 0 radical (unpaired) electrons. The van der Waals surface area contributed by atoms with E-state index in [1.54, 1.807) is 11.5 Å². The number of amides is 3. The van der Waals surface area contributed by atoms with Crippen molar-refractivity contribution in [3.63, 3.8) is 0 Å². The average Bonchev–Trinajstić information content (AvgIpc) is 3.30. The summed E-state index contributed by atoms with van der Waals surface area (Å²) in [5.41, 5.74) is 0.907. The van der Waals surface area contributed by atoms with Crippen molar-refractivity contribution in [3.05, 3.63) is 59.7 Å². The fourth-order valence-electron chi connectivity index (χ4n) is 3.40. The number of urea groups is 1. The maximum absolute atomic E-state index is 13.2. The topological polar surface area (TPSA) is 67.2 Å². The van der Waals surface area contributed by atoms with Crippen molar-refractivity contribution in [1.29, 1.82) is 0 Å². The van der Waals surface area contributed by atoms with Crippen molar-refractivity contribution in [2.24, 2.45) is 0 Å². The molecule has 162 valence electrons. The van der Waals surface area contributed by atoms with Crippen LogP contribution in [0.1, 0.15) is 18.1 Å². The number of rotatable bonds is 5. The summed E-state index contributed by atoms with van der Waals surface area (Å²) in [5, 5.41) is 2.36. The lowest BCUT2D eigenvalue weighted by atomic mass is 10.2. The Morgan fingerprint density at radius 1 is 1.23 bits per heavy atom. The maximum atomic E-state index is 13.2. The molecule has 1 unspecified atom stereocenters. The molecule has 1 aromatic heterocycles. The molecule has 0 bridgehead atoms. The van der Waals surface area contributed by atoms with Gasteiger partial charge < -0.3 is 9.88 Å². The predicted octanol–water partition coefficient (Wildman–Crippen LogP) is 4.14. The summed E-state index contributed by atoms with van der Waals surface area (Å²) in [6.07, 6.45) is -4.48. The van der Waals surface area contributed by atoms with Gasteiger partial charge in [-0.3, -0.25) is 9.69 Å². The molecule has 1 saturated heterocycles. The van der Waals surface area contributed by atoms with Gasteiger partial charge in [0.1, 0.15) is 0 Å². The molecular weight excluding hydrogens is 429 g/mol. The number of nitrogens with one attached hydrogen (secondary N) is 1. The van der Waals surface area contributed by atoms with Crippen molar-refractivity contribution in [2.45, 2.75) is 30.1 Å². The Morgan fingerprint density at radius 2 is 1.97 bits per heavy atom. The number of fused-ring (bicyclic) bond motifs is 1. The molecule has 1 aliphatic rings. The Morgan fingerprint density at radius 3 is 2.61 bits per heavy atom. The molecule has 1 N–H and O–H groups in total. The van der Waals surface area contributed by atoms with Crippen molar-refractivity contribution in [2.75, 3.05) is 13.1 Å². The first-order chi connectivity index (χ1) is 14.7. The molecule has 1 aliphatic heterocycles. The third kappa shape index (κ3) is 4.39.